The zero-order valence-electron chi connectivity index (χ0n) is 11.0. The highest BCUT2D eigenvalue weighted by Crippen LogP contribution is 2.33. The Morgan fingerprint density at radius 2 is 2.35 bits per heavy atom. The number of hydrogen-bond acceptors (Lipinski definition) is 6. The number of aliphatic hydroxyl groups is 1. The molecule has 0 bridgehead atoms. The molecule has 2 aromatic heterocycles. The van der Waals surface area contributed by atoms with Crippen molar-refractivity contribution in [2.45, 2.75) is 25.4 Å². The van der Waals surface area contributed by atoms with Gasteiger partial charge in [-0.2, -0.15) is 15.4 Å². The molecular weight excluding hydrogens is 263 g/mol. The number of β-amino-alcohol motifs (C(OH)–C–C–N with tert-alkyl or cyclic N) is 1. The van der Waals surface area contributed by atoms with Crippen molar-refractivity contribution in [1.82, 2.24) is 25.4 Å². The highest BCUT2D eigenvalue weighted by atomic mass is 19.1. The van der Waals surface area contributed by atoms with Crippen LogP contribution >= 0.6 is 0 Å². The number of rotatable bonds is 3. The van der Waals surface area contributed by atoms with Gasteiger partial charge in [0.2, 0.25) is 0 Å². The van der Waals surface area contributed by atoms with Gasteiger partial charge in [0.25, 0.3) is 0 Å². The molecule has 0 spiro atoms. The lowest BCUT2D eigenvalue weighted by molar-refractivity contribution is 0.0559. The Labute approximate surface area is 114 Å². The monoisotopic (exact) mass is 278 g/mol. The molecule has 2 N–H and O–H groups in total. The van der Waals surface area contributed by atoms with E-state index in [0.717, 1.165) is 0 Å². The summed E-state index contributed by atoms with van der Waals surface area (Å²) < 4.78 is 14.2. The highest BCUT2D eigenvalue weighted by molar-refractivity contribution is 5.43. The molecule has 2 aromatic rings. The summed E-state index contributed by atoms with van der Waals surface area (Å²) in [4.78, 5) is 9.63. The molecule has 0 aliphatic carbocycles. The number of nitrogens with one attached hydrogen (secondary N) is 1. The van der Waals surface area contributed by atoms with Gasteiger partial charge >= 0.3 is 0 Å². The summed E-state index contributed by atoms with van der Waals surface area (Å²) in [5.41, 5.74) is -0.284. The first-order chi connectivity index (χ1) is 9.64. The Hall–Kier alpha value is -2.09. The predicted octanol–water partition coefficient (Wildman–Crippen LogP) is 0.394. The molecule has 1 aliphatic rings. The Morgan fingerprint density at radius 1 is 1.50 bits per heavy atom. The van der Waals surface area contributed by atoms with E-state index in [9.17, 15) is 9.50 Å². The van der Waals surface area contributed by atoms with Crippen molar-refractivity contribution >= 4 is 5.82 Å². The molecule has 106 valence electrons. The van der Waals surface area contributed by atoms with E-state index in [0.29, 0.717) is 30.8 Å². The number of aromatic amines is 1. The summed E-state index contributed by atoms with van der Waals surface area (Å²) in [6, 6.07) is 0. The van der Waals surface area contributed by atoms with Gasteiger partial charge in [-0.1, -0.05) is 6.92 Å². The Morgan fingerprint density at radius 3 is 3.05 bits per heavy atom. The minimum atomic E-state index is -1.13. The van der Waals surface area contributed by atoms with Gasteiger partial charge in [0.15, 0.2) is 11.6 Å². The van der Waals surface area contributed by atoms with Crippen molar-refractivity contribution in [3.05, 3.63) is 29.7 Å². The van der Waals surface area contributed by atoms with Crippen molar-refractivity contribution in [3.63, 3.8) is 0 Å². The van der Waals surface area contributed by atoms with Crippen LogP contribution < -0.4 is 4.90 Å². The molecule has 0 saturated carbocycles. The highest BCUT2D eigenvalue weighted by Gasteiger charge is 2.41. The van der Waals surface area contributed by atoms with Crippen LogP contribution in [0.4, 0.5) is 10.2 Å². The van der Waals surface area contributed by atoms with E-state index < -0.39 is 11.4 Å². The third kappa shape index (κ3) is 2.01. The summed E-state index contributed by atoms with van der Waals surface area (Å²) in [5.74, 6) is -0.185. The first-order valence-corrected chi connectivity index (χ1v) is 6.47. The average Bonchev–Trinajstić information content (AvgIpc) is 3.09. The number of H-pyrrole nitrogens is 1. The molecule has 0 aromatic carbocycles. The van der Waals surface area contributed by atoms with Gasteiger partial charge in [0, 0.05) is 13.0 Å². The minimum Gasteiger partial charge on any atom is -0.381 e. The number of aromatic nitrogens is 5. The lowest BCUT2D eigenvalue weighted by Gasteiger charge is -2.22. The Bertz CT molecular complexity index is 604. The van der Waals surface area contributed by atoms with Crippen LogP contribution in [0.5, 0.6) is 0 Å². The lowest BCUT2D eigenvalue weighted by atomic mass is 10.0. The summed E-state index contributed by atoms with van der Waals surface area (Å²) >= 11 is 0. The molecule has 0 radical (unpaired) electrons. The van der Waals surface area contributed by atoms with Crippen molar-refractivity contribution in [2.75, 3.05) is 18.0 Å². The van der Waals surface area contributed by atoms with Crippen molar-refractivity contribution in [1.29, 1.82) is 0 Å². The second-order valence-electron chi connectivity index (χ2n) is 4.87. The van der Waals surface area contributed by atoms with Crippen LogP contribution in [0.15, 0.2) is 12.5 Å². The van der Waals surface area contributed by atoms with Gasteiger partial charge in [0.05, 0.1) is 18.4 Å². The first kappa shape index (κ1) is 12.9. The van der Waals surface area contributed by atoms with Crippen molar-refractivity contribution in [2.24, 2.45) is 0 Å². The zero-order valence-corrected chi connectivity index (χ0v) is 11.0. The second kappa shape index (κ2) is 4.78. The van der Waals surface area contributed by atoms with Gasteiger partial charge in [-0.15, -0.1) is 0 Å². The Kier molecular flexibility index (Phi) is 3.09. The molecule has 8 heteroatoms. The van der Waals surface area contributed by atoms with E-state index in [-0.39, 0.29) is 12.4 Å². The molecule has 0 unspecified atom stereocenters. The smallest absolute Gasteiger partial charge is 0.187 e. The summed E-state index contributed by atoms with van der Waals surface area (Å²) in [7, 11) is 0. The maximum Gasteiger partial charge on any atom is 0.187 e. The molecule has 1 atom stereocenters. The number of anilines is 1. The molecule has 3 rings (SSSR count). The Balaban J connectivity index is 1.88. The maximum absolute atomic E-state index is 14.2. The van der Waals surface area contributed by atoms with Crippen LogP contribution in [0, 0.1) is 5.82 Å². The van der Waals surface area contributed by atoms with E-state index in [1.165, 1.54) is 12.5 Å². The van der Waals surface area contributed by atoms with Gasteiger partial charge in [0.1, 0.15) is 17.6 Å². The maximum atomic E-state index is 14.2. The molecular formula is C12H15FN6O. The normalized spacial score (nSPS) is 22.4. The van der Waals surface area contributed by atoms with Gasteiger partial charge in [-0.3, -0.25) is 0 Å². The van der Waals surface area contributed by atoms with Crippen LogP contribution in [-0.2, 0) is 12.0 Å². The molecule has 1 fully saturated rings. The second-order valence-corrected chi connectivity index (χ2v) is 4.87. The van der Waals surface area contributed by atoms with Gasteiger partial charge in [-0.25, -0.2) is 14.4 Å². The van der Waals surface area contributed by atoms with Crippen LogP contribution in [-0.4, -0.2) is 43.6 Å². The minimum absolute atomic E-state index is 0.233. The van der Waals surface area contributed by atoms with Gasteiger partial charge in [-0.05, 0) is 6.42 Å². The summed E-state index contributed by atoms with van der Waals surface area (Å²) in [5, 5.41) is 20.7. The van der Waals surface area contributed by atoms with Crippen LogP contribution in [0.25, 0.3) is 0 Å². The fraction of sp³-hybridized carbons (Fsp3) is 0.500. The van der Waals surface area contributed by atoms with E-state index >= 15 is 0 Å². The molecule has 3 heterocycles. The molecule has 1 saturated heterocycles. The molecule has 20 heavy (non-hydrogen) atoms. The fourth-order valence-corrected chi connectivity index (χ4v) is 2.47. The topological polar surface area (TPSA) is 90.8 Å². The standard InChI is InChI=1S/C12H15FN6O/c1-2-8-10(13)11(15-7-14-8)19-4-3-12(20,6-19)9-5-16-18-17-9/h5,7,20H,2-4,6H2,1H3,(H,16,17,18)/t12-/m0/s1. The van der Waals surface area contributed by atoms with Crippen LogP contribution in [0.3, 0.4) is 0 Å². The lowest BCUT2D eigenvalue weighted by Crippen LogP contribution is -2.32. The van der Waals surface area contributed by atoms with E-state index in [2.05, 4.69) is 25.4 Å². The fourth-order valence-electron chi connectivity index (χ4n) is 2.47. The number of hydrogen-bond donors (Lipinski definition) is 2. The van der Waals surface area contributed by atoms with E-state index in [1.54, 1.807) is 4.90 Å². The van der Waals surface area contributed by atoms with Crippen molar-refractivity contribution < 1.29 is 9.50 Å². The number of halogens is 1. The molecule has 0 amide bonds. The number of aryl methyl sites for hydroxylation is 1. The third-order valence-corrected chi connectivity index (χ3v) is 3.62. The summed E-state index contributed by atoms with van der Waals surface area (Å²) in [6.07, 6.45) is 3.79. The van der Waals surface area contributed by atoms with E-state index in [4.69, 9.17) is 0 Å². The largest absolute Gasteiger partial charge is 0.381 e. The first-order valence-electron chi connectivity index (χ1n) is 6.47. The van der Waals surface area contributed by atoms with Crippen LogP contribution in [0.2, 0.25) is 0 Å². The SMILES string of the molecule is CCc1ncnc(N2CC[C@@](O)(c3cn[nH]n3)C2)c1F. The quantitative estimate of drug-likeness (QED) is 0.844. The zero-order chi connectivity index (χ0) is 14.2. The summed E-state index contributed by atoms with van der Waals surface area (Å²) in [6.45, 7) is 2.57. The molecule has 1 aliphatic heterocycles. The number of nitrogens with zero attached hydrogens (tertiary/aromatic N) is 5. The molecule has 7 nitrogen and oxygen atoms in total. The third-order valence-electron chi connectivity index (χ3n) is 3.62. The van der Waals surface area contributed by atoms with Gasteiger partial charge < -0.3 is 10.0 Å². The van der Waals surface area contributed by atoms with Crippen molar-refractivity contribution in [3.8, 4) is 0 Å². The van der Waals surface area contributed by atoms with Crippen LogP contribution in [0.1, 0.15) is 24.7 Å². The van der Waals surface area contributed by atoms with E-state index in [1.807, 2.05) is 6.92 Å². The average molecular weight is 278 g/mol. The predicted molar refractivity (Wildman–Crippen MR) is 68.5 cm³/mol.